The van der Waals surface area contributed by atoms with E-state index < -0.39 is 20.0 Å². The summed E-state index contributed by atoms with van der Waals surface area (Å²) in [7, 11) is 1.26. The second kappa shape index (κ2) is 53.5. The Balaban J connectivity index is 4.17. The van der Waals surface area contributed by atoms with E-state index in [0.717, 1.165) is 77.0 Å². The molecular formula is C63H115N2O6P. The molecule has 0 aliphatic rings. The number of carbonyl (C=O) groups excluding carboxylic acids is 1. The van der Waals surface area contributed by atoms with Crippen LogP contribution in [0, 0.1) is 0 Å². The quantitative estimate of drug-likeness (QED) is 0.0272. The average molecular weight is 1030 g/mol. The zero-order valence-corrected chi connectivity index (χ0v) is 48.5. The predicted molar refractivity (Wildman–Crippen MR) is 311 cm³/mol. The molecule has 0 rings (SSSR count). The lowest BCUT2D eigenvalue weighted by molar-refractivity contribution is -0.870. The maximum Gasteiger partial charge on any atom is 0.268 e. The fraction of sp³-hybridized carbons (Fsp3) is 0.762. The normalized spacial score (nSPS) is 14.5. The standard InChI is InChI=1S/C63H115N2O6P/c1-6-8-10-12-14-16-18-20-22-24-26-27-28-29-30-31-32-33-34-35-36-37-39-41-43-45-47-49-51-53-55-57-63(67)64-61(60-71-72(68,69)70-59-58-65(3,4)5)62(66)56-54-52-50-48-46-44-42-40-38-25-23-21-19-17-15-13-11-9-7-2/h8,10,14,16,20,22,26-27,29-30,32-33,54,56,61-62,66H,6-7,9,11-13,15,17-19,21,23-25,28,31,34-53,55,57-60H2,1-5H3,(H-,64,67,68,69)/b10-8-,16-14-,22-20-,27-26-,30-29-,33-32-,56-54+. The predicted octanol–water partition coefficient (Wildman–Crippen LogP) is 17.8. The number of hydrogen-bond acceptors (Lipinski definition) is 6. The molecule has 8 nitrogen and oxygen atoms in total. The van der Waals surface area contributed by atoms with Gasteiger partial charge in [0.05, 0.1) is 39.9 Å². The molecule has 0 aromatic rings. The van der Waals surface area contributed by atoms with Crippen molar-refractivity contribution < 1.29 is 32.9 Å². The maximum atomic E-state index is 13.0. The summed E-state index contributed by atoms with van der Waals surface area (Å²) >= 11 is 0. The third-order valence-electron chi connectivity index (χ3n) is 13.1. The Bertz CT molecular complexity index is 1450. The minimum absolute atomic E-state index is 0.00401. The Morgan fingerprint density at radius 1 is 0.500 bits per heavy atom. The van der Waals surface area contributed by atoms with Gasteiger partial charge in [-0.05, 0) is 70.6 Å². The van der Waals surface area contributed by atoms with E-state index in [0.29, 0.717) is 17.4 Å². The van der Waals surface area contributed by atoms with Crippen LogP contribution in [0.15, 0.2) is 85.1 Å². The molecule has 0 heterocycles. The largest absolute Gasteiger partial charge is 0.756 e. The first kappa shape index (κ1) is 69.7. The van der Waals surface area contributed by atoms with Crippen molar-refractivity contribution in [2.75, 3.05) is 40.9 Å². The van der Waals surface area contributed by atoms with Crippen molar-refractivity contribution in [3.05, 3.63) is 85.1 Å². The third kappa shape index (κ3) is 55.4. The fourth-order valence-corrected chi connectivity index (χ4v) is 9.17. The van der Waals surface area contributed by atoms with Gasteiger partial charge in [-0.3, -0.25) is 9.36 Å². The van der Waals surface area contributed by atoms with Crippen LogP contribution in [0.4, 0.5) is 0 Å². The molecule has 1 amide bonds. The van der Waals surface area contributed by atoms with Gasteiger partial charge < -0.3 is 28.8 Å². The van der Waals surface area contributed by atoms with E-state index >= 15 is 0 Å². The van der Waals surface area contributed by atoms with E-state index in [1.54, 1.807) is 6.08 Å². The molecule has 0 aromatic carbocycles. The van der Waals surface area contributed by atoms with E-state index in [2.05, 4.69) is 92.1 Å². The molecule has 72 heavy (non-hydrogen) atoms. The number of phosphoric ester groups is 1. The average Bonchev–Trinajstić information content (AvgIpc) is 3.34. The van der Waals surface area contributed by atoms with Crippen molar-refractivity contribution in [3.63, 3.8) is 0 Å². The first-order valence-corrected chi connectivity index (χ1v) is 31.4. The summed E-state index contributed by atoms with van der Waals surface area (Å²) in [4.78, 5) is 25.5. The summed E-state index contributed by atoms with van der Waals surface area (Å²) in [6, 6.07) is -0.892. The van der Waals surface area contributed by atoms with Crippen molar-refractivity contribution in [2.24, 2.45) is 0 Å². The van der Waals surface area contributed by atoms with Crippen LogP contribution in [-0.2, 0) is 18.4 Å². The van der Waals surface area contributed by atoms with Crippen LogP contribution in [0.1, 0.15) is 258 Å². The molecule has 0 fully saturated rings. The monoisotopic (exact) mass is 1030 g/mol. The number of rotatable bonds is 54. The van der Waals surface area contributed by atoms with Gasteiger partial charge in [0.25, 0.3) is 7.82 Å². The molecule has 0 aliphatic carbocycles. The van der Waals surface area contributed by atoms with Crippen molar-refractivity contribution >= 4 is 13.7 Å². The molecule has 0 aromatic heterocycles. The van der Waals surface area contributed by atoms with Crippen LogP contribution >= 0.6 is 7.82 Å². The van der Waals surface area contributed by atoms with Gasteiger partial charge in [0.15, 0.2) is 0 Å². The first-order valence-electron chi connectivity index (χ1n) is 29.9. The SMILES string of the molecule is CC/C=C\C/C=C\C/C=C\C/C=C\C/C=C\C/C=C\CCCCCCCCCCCCCCC(=O)NC(COP(=O)([O-])OCC[N+](C)(C)C)C(O)/C=C/CCCCCCCCCCCCCCCCCCC. The minimum atomic E-state index is -4.60. The second-order valence-electron chi connectivity index (χ2n) is 21.3. The number of aliphatic hydroxyl groups is 1. The molecule has 0 radical (unpaired) electrons. The number of nitrogens with zero attached hydrogens (tertiary/aromatic N) is 1. The molecule has 2 N–H and O–H groups in total. The highest BCUT2D eigenvalue weighted by atomic mass is 31.2. The second-order valence-corrected chi connectivity index (χ2v) is 22.7. The summed E-state index contributed by atoms with van der Waals surface area (Å²) in [6.07, 6.45) is 75.1. The van der Waals surface area contributed by atoms with Gasteiger partial charge in [-0.2, -0.15) is 0 Å². The Morgan fingerprint density at radius 2 is 0.847 bits per heavy atom. The highest BCUT2D eigenvalue weighted by molar-refractivity contribution is 7.45. The highest BCUT2D eigenvalue weighted by Gasteiger charge is 2.23. The summed E-state index contributed by atoms with van der Waals surface area (Å²) in [5.74, 6) is -0.201. The number of amides is 1. The van der Waals surface area contributed by atoms with Crippen molar-refractivity contribution in [1.29, 1.82) is 0 Å². The van der Waals surface area contributed by atoms with Crippen LogP contribution in [0.5, 0.6) is 0 Å². The lowest BCUT2D eigenvalue weighted by Crippen LogP contribution is -2.45. The van der Waals surface area contributed by atoms with Gasteiger partial charge >= 0.3 is 0 Å². The maximum absolute atomic E-state index is 13.0. The molecule has 0 saturated heterocycles. The summed E-state index contributed by atoms with van der Waals surface area (Å²) in [6.45, 7) is 4.55. The molecule has 418 valence electrons. The number of aliphatic hydroxyl groups excluding tert-OH is 1. The number of phosphoric acid groups is 1. The van der Waals surface area contributed by atoms with Crippen LogP contribution < -0.4 is 10.2 Å². The van der Waals surface area contributed by atoms with Crippen LogP contribution in [0.25, 0.3) is 0 Å². The van der Waals surface area contributed by atoms with Crippen molar-refractivity contribution in [1.82, 2.24) is 5.32 Å². The highest BCUT2D eigenvalue weighted by Crippen LogP contribution is 2.38. The molecule has 0 saturated carbocycles. The van der Waals surface area contributed by atoms with Crippen LogP contribution in [-0.4, -0.2) is 68.5 Å². The number of carbonyl (C=O) groups is 1. The fourth-order valence-electron chi connectivity index (χ4n) is 8.45. The summed E-state index contributed by atoms with van der Waals surface area (Å²) in [5.41, 5.74) is 0. The summed E-state index contributed by atoms with van der Waals surface area (Å²) in [5, 5.41) is 13.9. The van der Waals surface area contributed by atoms with E-state index in [1.807, 2.05) is 27.2 Å². The first-order chi connectivity index (χ1) is 35.0. The number of allylic oxidation sites excluding steroid dienone is 13. The Kier molecular flexibility index (Phi) is 51.8. The zero-order chi connectivity index (χ0) is 52.7. The third-order valence-corrected chi connectivity index (χ3v) is 14.1. The van der Waals surface area contributed by atoms with Gasteiger partial charge in [0, 0.05) is 6.42 Å². The van der Waals surface area contributed by atoms with Crippen LogP contribution in [0.3, 0.4) is 0 Å². The Labute approximate surface area is 446 Å². The topological polar surface area (TPSA) is 108 Å². The van der Waals surface area contributed by atoms with E-state index in [1.165, 1.54) is 161 Å². The van der Waals surface area contributed by atoms with E-state index in [9.17, 15) is 19.4 Å². The number of nitrogens with one attached hydrogen (secondary N) is 1. The molecule has 3 atom stereocenters. The number of unbranched alkanes of at least 4 members (excludes halogenated alkanes) is 29. The number of likely N-dealkylation sites (N-methyl/N-ethyl adjacent to an activating group) is 1. The Morgan fingerprint density at radius 3 is 1.24 bits per heavy atom. The molecular weight excluding hydrogens is 912 g/mol. The molecule has 0 bridgehead atoms. The lowest BCUT2D eigenvalue weighted by atomic mass is 10.0. The van der Waals surface area contributed by atoms with Crippen molar-refractivity contribution in [2.45, 2.75) is 270 Å². The molecule has 0 aliphatic heterocycles. The smallest absolute Gasteiger partial charge is 0.268 e. The van der Waals surface area contributed by atoms with Gasteiger partial charge in [-0.15, -0.1) is 0 Å². The molecule has 9 heteroatoms. The van der Waals surface area contributed by atoms with Crippen molar-refractivity contribution in [3.8, 4) is 0 Å². The zero-order valence-electron chi connectivity index (χ0n) is 47.6. The van der Waals surface area contributed by atoms with Gasteiger partial charge in [0.2, 0.25) is 5.91 Å². The molecule has 3 unspecified atom stereocenters. The van der Waals surface area contributed by atoms with E-state index in [-0.39, 0.29) is 19.1 Å². The lowest BCUT2D eigenvalue weighted by Gasteiger charge is -2.29. The van der Waals surface area contributed by atoms with Gasteiger partial charge in [0.1, 0.15) is 13.2 Å². The van der Waals surface area contributed by atoms with Gasteiger partial charge in [-0.25, -0.2) is 0 Å². The molecule has 0 spiro atoms. The summed E-state index contributed by atoms with van der Waals surface area (Å²) < 4.78 is 23.4. The number of hydrogen-bond donors (Lipinski definition) is 2. The minimum Gasteiger partial charge on any atom is -0.756 e. The van der Waals surface area contributed by atoms with Gasteiger partial charge in [-0.1, -0.05) is 266 Å². The number of quaternary nitrogens is 1. The Hall–Kier alpha value is -2.32. The van der Waals surface area contributed by atoms with Crippen LogP contribution in [0.2, 0.25) is 0 Å². The van der Waals surface area contributed by atoms with E-state index in [4.69, 9.17) is 9.05 Å².